The fourth-order valence-corrected chi connectivity index (χ4v) is 2.61. The van der Waals surface area contributed by atoms with E-state index in [1.165, 1.54) is 6.07 Å². The molecule has 3 aromatic rings. The minimum Gasteiger partial charge on any atom is -0.484 e. The zero-order valence-corrected chi connectivity index (χ0v) is 15.8. The van der Waals surface area contributed by atoms with Gasteiger partial charge in [0.15, 0.2) is 6.61 Å². The normalized spacial score (nSPS) is 11.3. The Morgan fingerprint density at radius 1 is 0.903 bits per heavy atom. The van der Waals surface area contributed by atoms with E-state index in [0.29, 0.717) is 5.75 Å². The third kappa shape index (κ3) is 6.59. The van der Waals surface area contributed by atoms with Crippen LogP contribution in [0.3, 0.4) is 0 Å². The van der Waals surface area contributed by atoms with Crippen molar-refractivity contribution in [2.45, 2.75) is 13.2 Å². The number of carbonyl (C=O) groups excluding carboxylic acids is 1. The molecule has 6 nitrogen and oxygen atoms in total. The zero-order chi connectivity index (χ0) is 22.2. The second-order valence-electron chi connectivity index (χ2n) is 6.05. The highest BCUT2D eigenvalue weighted by molar-refractivity contribution is 5.86. The Balaban J connectivity index is 1.58. The van der Waals surface area contributed by atoms with Crippen LogP contribution in [0.25, 0.3) is 10.8 Å². The van der Waals surface area contributed by atoms with Crippen molar-refractivity contribution < 1.29 is 36.6 Å². The topological polar surface area (TPSA) is 69.2 Å². The minimum absolute atomic E-state index is 0.0117. The summed E-state index contributed by atoms with van der Waals surface area (Å²) in [4.78, 5) is 11.9. The van der Waals surface area contributed by atoms with Gasteiger partial charge in [-0.3, -0.25) is 4.79 Å². The van der Waals surface area contributed by atoms with E-state index < -0.39 is 24.9 Å². The molecule has 3 rings (SSSR count). The molecule has 0 aromatic heterocycles. The molecule has 0 heterocycles. The molecule has 3 aromatic carbocycles. The van der Waals surface area contributed by atoms with Crippen molar-refractivity contribution in [3.8, 4) is 17.2 Å². The molecular weight excluding hydrogens is 420 g/mol. The number of ether oxygens (including phenoxy) is 3. The largest absolute Gasteiger partial charge is 0.484 e. The Morgan fingerprint density at radius 3 is 2.35 bits per heavy atom. The van der Waals surface area contributed by atoms with Gasteiger partial charge < -0.3 is 14.2 Å². The van der Waals surface area contributed by atoms with Gasteiger partial charge in [-0.2, -0.15) is 22.7 Å². The quantitative estimate of drug-likeness (QED) is 0.303. The van der Waals surface area contributed by atoms with E-state index in [1.807, 2.05) is 30.3 Å². The predicted molar refractivity (Wildman–Crippen MR) is 105 cm³/mol. The summed E-state index contributed by atoms with van der Waals surface area (Å²) < 4.78 is 63.5. The second-order valence-corrected chi connectivity index (χ2v) is 6.05. The Bertz CT molecular complexity index is 1080. The number of hydrazone groups is 1. The highest BCUT2D eigenvalue weighted by Crippen LogP contribution is 2.26. The van der Waals surface area contributed by atoms with Crippen molar-refractivity contribution in [1.29, 1.82) is 0 Å². The molecule has 0 unspecified atom stereocenters. The summed E-state index contributed by atoms with van der Waals surface area (Å²) in [5, 5.41) is 5.62. The standard InChI is InChI=1S/C21H16F4N2O4/c22-20(23)30-17-8-6-15(18(10-17)31-21(24)25)11-26-27-19(28)12-29-16-7-5-13-3-1-2-4-14(13)9-16/h1-11,20-21H,12H2,(H,27,28)/b26-11+. The zero-order valence-electron chi connectivity index (χ0n) is 15.8. The number of hydrogen-bond acceptors (Lipinski definition) is 5. The van der Waals surface area contributed by atoms with Gasteiger partial charge in [-0.25, -0.2) is 5.43 Å². The number of fused-ring (bicyclic) bond motifs is 1. The van der Waals surface area contributed by atoms with Crippen LogP contribution in [0.5, 0.6) is 17.2 Å². The number of alkyl halides is 4. The average molecular weight is 436 g/mol. The van der Waals surface area contributed by atoms with Crippen LogP contribution in [0.2, 0.25) is 0 Å². The van der Waals surface area contributed by atoms with E-state index in [-0.39, 0.29) is 17.9 Å². The molecule has 31 heavy (non-hydrogen) atoms. The number of carbonyl (C=O) groups is 1. The van der Waals surface area contributed by atoms with E-state index in [2.05, 4.69) is 20.0 Å². The molecule has 0 aliphatic heterocycles. The summed E-state index contributed by atoms with van der Waals surface area (Å²) in [5.41, 5.74) is 2.19. The molecule has 162 valence electrons. The molecule has 0 spiro atoms. The van der Waals surface area contributed by atoms with Crippen molar-refractivity contribution in [1.82, 2.24) is 5.43 Å². The van der Waals surface area contributed by atoms with E-state index in [9.17, 15) is 22.4 Å². The molecule has 0 radical (unpaired) electrons. The maximum absolute atomic E-state index is 12.6. The van der Waals surface area contributed by atoms with Crippen LogP contribution in [0.15, 0.2) is 65.8 Å². The Kier molecular flexibility index (Phi) is 7.26. The van der Waals surface area contributed by atoms with E-state index in [1.54, 1.807) is 12.1 Å². The van der Waals surface area contributed by atoms with Crippen LogP contribution in [0, 0.1) is 0 Å². The molecule has 1 amide bonds. The van der Waals surface area contributed by atoms with Gasteiger partial charge in [-0.05, 0) is 35.0 Å². The third-order valence-electron chi connectivity index (χ3n) is 3.91. The average Bonchev–Trinajstić information content (AvgIpc) is 2.73. The lowest BCUT2D eigenvalue weighted by Gasteiger charge is -2.11. The maximum atomic E-state index is 12.6. The van der Waals surface area contributed by atoms with Gasteiger partial charge in [-0.15, -0.1) is 0 Å². The van der Waals surface area contributed by atoms with Crippen LogP contribution in [0.1, 0.15) is 5.56 Å². The molecule has 0 aliphatic rings. The first-order valence-electron chi connectivity index (χ1n) is 8.88. The number of amides is 1. The van der Waals surface area contributed by atoms with Gasteiger partial charge in [-0.1, -0.05) is 30.3 Å². The summed E-state index contributed by atoms with van der Waals surface area (Å²) >= 11 is 0. The van der Waals surface area contributed by atoms with Crippen LogP contribution in [-0.4, -0.2) is 32.0 Å². The first kappa shape index (κ1) is 21.9. The van der Waals surface area contributed by atoms with Crippen LogP contribution < -0.4 is 19.6 Å². The molecule has 0 atom stereocenters. The van der Waals surface area contributed by atoms with Gasteiger partial charge in [0.05, 0.1) is 6.21 Å². The first-order valence-corrected chi connectivity index (χ1v) is 8.88. The molecule has 0 saturated heterocycles. The van der Waals surface area contributed by atoms with Gasteiger partial charge in [0.2, 0.25) is 0 Å². The van der Waals surface area contributed by atoms with Crippen molar-refractivity contribution in [3.63, 3.8) is 0 Å². The van der Waals surface area contributed by atoms with Crippen molar-refractivity contribution in [3.05, 3.63) is 66.2 Å². The fraction of sp³-hybridized carbons (Fsp3) is 0.143. The lowest BCUT2D eigenvalue weighted by Crippen LogP contribution is -2.24. The maximum Gasteiger partial charge on any atom is 0.387 e. The lowest BCUT2D eigenvalue weighted by atomic mass is 10.1. The van der Waals surface area contributed by atoms with E-state index in [4.69, 9.17) is 4.74 Å². The highest BCUT2D eigenvalue weighted by atomic mass is 19.3. The number of rotatable bonds is 9. The molecule has 0 aliphatic carbocycles. The van der Waals surface area contributed by atoms with Gasteiger partial charge in [0, 0.05) is 11.6 Å². The number of nitrogens with zero attached hydrogens (tertiary/aromatic N) is 1. The summed E-state index contributed by atoms with van der Waals surface area (Å²) in [6, 6.07) is 16.2. The molecule has 0 saturated carbocycles. The first-order chi connectivity index (χ1) is 14.9. The summed E-state index contributed by atoms with van der Waals surface area (Å²) in [7, 11) is 0. The number of halogens is 4. The number of hydrogen-bond donors (Lipinski definition) is 1. The molecule has 10 heteroatoms. The van der Waals surface area contributed by atoms with Crippen LogP contribution in [0.4, 0.5) is 17.6 Å². The Hall–Kier alpha value is -3.82. The monoisotopic (exact) mass is 436 g/mol. The lowest BCUT2D eigenvalue weighted by molar-refractivity contribution is -0.123. The van der Waals surface area contributed by atoms with Crippen LogP contribution in [-0.2, 0) is 4.79 Å². The van der Waals surface area contributed by atoms with Crippen molar-refractivity contribution >= 4 is 22.9 Å². The Labute approximate surface area is 174 Å². The third-order valence-corrected chi connectivity index (χ3v) is 3.91. The second kappa shape index (κ2) is 10.3. The highest BCUT2D eigenvalue weighted by Gasteiger charge is 2.12. The van der Waals surface area contributed by atoms with E-state index in [0.717, 1.165) is 29.1 Å². The minimum atomic E-state index is -3.20. The van der Waals surface area contributed by atoms with Crippen LogP contribution >= 0.6 is 0 Å². The number of benzene rings is 3. The van der Waals surface area contributed by atoms with Crippen molar-refractivity contribution in [2.75, 3.05) is 6.61 Å². The Morgan fingerprint density at radius 2 is 1.61 bits per heavy atom. The smallest absolute Gasteiger partial charge is 0.387 e. The summed E-state index contributed by atoms with van der Waals surface area (Å²) in [6.45, 7) is -6.66. The van der Waals surface area contributed by atoms with Gasteiger partial charge in [0.1, 0.15) is 17.2 Å². The SMILES string of the molecule is O=C(COc1ccc2ccccc2c1)N/N=C/c1ccc(OC(F)F)cc1OC(F)F. The van der Waals surface area contributed by atoms with Crippen molar-refractivity contribution in [2.24, 2.45) is 5.10 Å². The van der Waals surface area contributed by atoms with E-state index >= 15 is 0 Å². The molecule has 0 bridgehead atoms. The van der Waals surface area contributed by atoms with Gasteiger partial charge >= 0.3 is 13.2 Å². The summed E-state index contributed by atoms with van der Waals surface area (Å²) in [6.07, 6.45) is 1.03. The van der Waals surface area contributed by atoms with Gasteiger partial charge in [0.25, 0.3) is 5.91 Å². The molecular formula is C21H16F4N2O4. The summed E-state index contributed by atoms with van der Waals surface area (Å²) in [5.74, 6) is -0.923. The fourth-order valence-electron chi connectivity index (χ4n) is 2.61. The molecule has 0 fully saturated rings. The predicted octanol–water partition coefficient (Wildman–Crippen LogP) is 4.57. The number of nitrogens with one attached hydrogen (secondary N) is 1. The molecule has 1 N–H and O–H groups in total.